The average molecular weight is 345 g/mol. The molecule has 3 aromatic rings. The zero-order chi connectivity index (χ0) is 16.7. The highest BCUT2D eigenvalue weighted by molar-refractivity contribution is 7.15. The summed E-state index contributed by atoms with van der Waals surface area (Å²) in [5, 5.41) is 8.70. The molecule has 124 valence electrons. The third kappa shape index (κ3) is 2.32. The van der Waals surface area contributed by atoms with Crippen LogP contribution in [0.1, 0.15) is 47.8 Å². The number of aromatic nitrogens is 4. The largest absolute Gasteiger partial charge is 0.340 e. The van der Waals surface area contributed by atoms with Crippen LogP contribution in [0.4, 0.5) is 0 Å². The van der Waals surface area contributed by atoms with Crippen LogP contribution in [0.5, 0.6) is 0 Å². The zero-order valence-electron chi connectivity index (χ0n) is 13.0. The summed E-state index contributed by atoms with van der Waals surface area (Å²) < 4.78 is 6.45. The Balaban J connectivity index is 1.70. The van der Waals surface area contributed by atoms with Crippen LogP contribution in [0.3, 0.4) is 0 Å². The number of aryl methyl sites for hydroxylation is 1. The Morgan fingerprint density at radius 2 is 2.21 bits per heavy atom. The molecular weight excluding hydrogens is 330 g/mol. The summed E-state index contributed by atoms with van der Waals surface area (Å²) in [5.74, 6) is 0.458. The van der Waals surface area contributed by atoms with Crippen molar-refractivity contribution in [2.24, 2.45) is 0 Å². The van der Waals surface area contributed by atoms with Gasteiger partial charge in [0.25, 0.3) is 11.5 Å². The van der Waals surface area contributed by atoms with Gasteiger partial charge in [-0.1, -0.05) is 18.0 Å². The second kappa shape index (κ2) is 5.52. The van der Waals surface area contributed by atoms with Crippen molar-refractivity contribution >= 4 is 22.2 Å². The summed E-state index contributed by atoms with van der Waals surface area (Å²) >= 11 is 1.34. The van der Waals surface area contributed by atoms with Crippen LogP contribution in [-0.4, -0.2) is 25.4 Å². The molecule has 0 saturated heterocycles. The van der Waals surface area contributed by atoms with Crippen LogP contribution in [-0.2, 0) is 5.54 Å². The van der Waals surface area contributed by atoms with Crippen molar-refractivity contribution in [2.75, 3.05) is 0 Å². The Hall–Kier alpha value is -2.55. The van der Waals surface area contributed by atoms with E-state index in [1.165, 1.54) is 21.9 Å². The molecule has 24 heavy (non-hydrogen) atoms. The molecule has 0 aromatic carbocycles. The topological polar surface area (TPSA) is 102 Å². The molecule has 1 saturated carbocycles. The van der Waals surface area contributed by atoms with Crippen molar-refractivity contribution in [1.29, 1.82) is 0 Å². The molecule has 4 rings (SSSR count). The molecule has 1 aliphatic rings. The Morgan fingerprint density at radius 3 is 2.92 bits per heavy atom. The van der Waals surface area contributed by atoms with Crippen molar-refractivity contribution in [2.45, 2.75) is 38.1 Å². The molecule has 0 aliphatic heterocycles. The number of nitrogens with zero attached hydrogens (tertiary/aromatic N) is 4. The molecule has 0 spiro atoms. The van der Waals surface area contributed by atoms with E-state index in [9.17, 15) is 9.59 Å². The number of fused-ring (bicyclic) bond motifs is 1. The van der Waals surface area contributed by atoms with Gasteiger partial charge in [0.15, 0.2) is 10.8 Å². The summed E-state index contributed by atoms with van der Waals surface area (Å²) in [6.07, 6.45) is 6.28. The van der Waals surface area contributed by atoms with Crippen LogP contribution in [0.15, 0.2) is 27.1 Å². The first kappa shape index (κ1) is 15.0. The first-order chi connectivity index (χ1) is 11.6. The molecule has 3 aromatic heterocycles. The number of nitrogens with one attached hydrogen (secondary N) is 1. The summed E-state index contributed by atoms with van der Waals surface area (Å²) in [6, 6.07) is 0. The quantitative estimate of drug-likeness (QED) is 0.774. The van der Waals surface area contributed by atoms with Crippen LogP contribution >= 0.6 is 11.3 Å². The molecule has 0 radical (unpaired) electrons. The molecule has 1 N–H and O–H groups in total. The molecule has 0 unspecified atom stereocenters. The lowest BCUT2D eigenvalue weighted by Gasteiger charge is -2.26. The number of hydrogen-bond acceptors (Lipinski definition) is 7. The van der Waals surface area contributed by atoms with E-state index in [0.717, 1.165) is 12.8 Å². The molecule has 8 nitrogen and oxygen atoms in total. The maximum atomic E-state index is 12.7. The van der Waals surface area contributed by atoms with E-state index in [4.69, 9.17) is 4.52 Å². The average Bonchev–Trinajstić information content (AvgIpc) is 3.27. The van der Waals surface area contributed by atoms with E-state index in [1.807, 2.05) is 0 Å². The van der Waals surface area contributed by atoms with E-state index in [0.29, 0.717) is 29.5 Å². The molecule has 9 heteroatoms. The molecule has 0 atom stereocenters. The highest BCUT2D eigenvalue weighted by Crippen LogP contribution is 2.37. The predicted octanol–water partition coefficient (Wildman–Crippen LogP) is 1.65. The summed E-state index contributed by atoms with van der Waals surface area (Å²) in [4.78, 5) is 34.2. The predicted molar refractivity (Wildman–Crippen MR) is 86.0 cm³/mol. The monoisotopic (exact) mass is 345 g/mol. The standard InChI is InChI=1S/C15H15N5O3S/c1-9-17-13(19-23-9)15(4-2-3-5-15)18-11(21)10-8-16-14-20(12(10)22)6-7-24-14/h6-8H,2-5H2,1H3,(H,18,21). The maximum absolute atomic E-state index is 12.7. The van der Waals surface area contributed by atoms with Crippen LogP contribution in [0, 0.1) is 6.92 Å². The minimum atomic E-state index is -0.685. The molecule has 3 heterocycles. The molecule has 1 fully saturated rings. The Kier molecular flexibility index (Phi) is 3.45. The molecule has 1 amide bonds. The SMILES string of the molecule is Cc1nc(C2(NC(=O)c3cnc4sccn4c3=O)CCCC2)no1. The van der Waals surface area contributed by atoms with Gasteiger partial charge in [-0.05, 0) is 12.8 Å². The van der Waals surface area contributed by atoms with Gasteiger partial charge in [-0.3, -0.25) is 14.0 Å². The Bertz CT molecular complexity index is 967. The fourth-order valence-corrected chi connectivity index (χ4v) is 3.82. The van der Waals surface area contributed by atoms with Gasteiger partial charge < -0.3 is 9.84 Å². The van der Waals surface area contributed by atoms with E-state index in [1.54, 1.807) is 18.5 Å². The fraction of sp³-hybridized carbons (Fsp3) is 0.400. The first-order valence-corrected chi connectivity index (χ1v) is 8.55. The number of thiazole rings is 1. The first-order valence-electron chi connectivity index (χ1n) is 7.67. The molecular formula is C15H15N5O3S. The van der Waals surface area contributed by atoms with Gasteiger partial charge in [-0.15, -0.1) is 11.3 Å². The lowest BCUT2D eigenvalue weighted by atomic mass is 9.96. The Labute approximate surface area is 140 Å². The minimum absolute atomic E-state index is 0.0115. The highest BCUT2D eigenvalue weighted by atomic mass is 32.1. The van der Waals surface area contributed by atoms with Crippen molar-refractivity contribution in [3.8, 4) is 0 Å². The van der Waals surface area contributed by atoms with E-state index >= 15 is 0 Å². The summed E-state index contributed by atoms with van der Waals surface area (Å²) in [7, 11) is 0. The number of carbonyl (C=O) groups excluding carboxylic acids is 1. The van der Waals surface area contributed by atoms with Crippen LogP contribution < -0.4 is 10.9 Å². The van der Waals surface area contributed by atoms with E-state index < -0.39 is 11.4 Å². The zero-order valence-corrected chi connectivity index (χ0v) is 13.8. The van der Waals surface area contributed by atoms with Crippen LogP contribution in [0.25, 0.3) is 4.96 Å². The summed E-state index contributed by atoms with van der Waals surface area (Å²) in [6.45, 7) is 1.71. The highest BCUT2D eigenvalue weighted by Gasteiger charge is 2.41. The summed E-state index contributed by atoms with van der Waals surface area (Å²) in [5.41, 5.74) is -1.05. The normalized spacial score (nSPS) is 16.5. The molecule has 1 aliphatic carbocycles. The Morgan fingerprint density at radius 1 is 1.42 bits per heavy atom. The third-order valence-electron chi connectivity index (χ3n) is 4.35. The number of carbonyl (C=O) groups is 1. The van der Waals surface area contributed by atoms with Gasteiger partial charge in [-0.25, -0.2) is 4.98 Å². The van der Waals surface area contributed by atoms with Crippen molar-refractivity contribution in [3.63, 3.8) is 0 Å². The number of hydrogen-bond donors (Lipinski definition) is 1. The fourth-order valence-electron chi connectivity index (χ4n) is 3.14. The van der Waals surface area contributed by atoms with Gasteiger partial charge in [0.05, 0.1) is 0 Å². The number of rotatable bonds is 3. The molecule has 0 bridgehead atoms. The van der Waals surface area contributed by atoms with E-state index in [2.05, 4.69) is 20.4 Å². The smallest absolute Gasteiger partial charge is 0.271 e. The lowest BCUT2D eigenvalue weighted by Crippen LogP contribution is -2.46. The third-order valence-corrected chi connectivity index (χ3v) is 5.12. The van der Waals surface area contributed by atoms with Crippen molar-refractivity contribution in [3.05, 3.63) is 45.4 Å². The van der Waals surface area contributed by atoms with Gasteiger partial charge >= 0.3 is 0 Å². The van der Waals surface area contributed by atoms with Crippen molar-refractivity contribution in [1.82, 2.24) is 24.8 Å². The second-order valence-corrected chi connectivity index (χ2v) is 6.79. The van der Waals surface area contributed by atoms with Crippen molar-refractivity contribution < 1.29 is 9.32 Å². The van der Waals surface area contributed by atoms with E-state index in [-0.39, 0.29) is 11.1 Å². The van der Waals surface area contributed by atoms with Gasteiger partial charge in [0, 0.05) is 24.7 Å². The lowest BCUT2D eigenvalue weighted by molar-refractivity contribution is 0.0890. The van der Waals surface area contributed by atoms with Gasteiger partial charge in [-0.2, -0.15) is 4.98 Å². The second-order valence-electron chi connectivity index (χ2n) is 5.91. The number of amides is 1. The van der Waals surface area contributed by atoms with Crippen LogP contribution in [0.2, 0.25) is 0 Å². The minimum Gasteiger partial charge on any atom is -0.340 e. The maximum Gasteiger partial charge on any atom is 0.271 e. The van der Waals surface area contributed by atoms with Gasteiger partial charge in [0.1, 0.15) is 11.1 Å². The van der Waals surface area contributed by atoms with Gasteiger partial charge in [0.2, 0.25) is 5.89 Å².